The highest BCUT2D eigenvalue weighted by Gasteiger charge is 2.42. The molecular formula is C19H21FN4O3. The van der Waals surface area contributed by atoms with Crippen molar-refractivity contribution in [3.05, 3.63) is 29.1 Å². The lowest BCUT2D eigenvalue weighted by Crippen LogP contribution is -2.52. The predicted octanol–water partition coefficient (Wildman–Crippen LogP) is 0.527. The molecule has 0 aromatic heterocycles. The number of piperazine rings is 1. The number of fused-ring (bicyclic) bond motifs is 3. The van der Waals surface area contributed by atoms with Crippen molar-refractivity contribution in [3.8, 4) is 0 Å². The van der Waals surface area contributed by atoms with E-state index in [9.17, 15) is 18.8 Å². The number of carbonyl (C=O) groups is 3. The second-order valence-corrected chi connectivity index (χ2v) is 7.86. The number of carbonyl (C=O) groups excluding carboxylic acids is 3. The first-order valence-corrected chi connectivity index (χ1v) is 9.48. The van der Waals surface area contributed by atoms with Crippen molar-refractivity contribution >= 4 is 23.4 Å². The third kappa shape index (κ3) is 2.62. The Balaban J connectivity index is 1.48. The zero-order valence-corrected chi connectivity index (χ0v) is 14.8. The summed E-state index contributed by atoms with van der Waals surface area (Å²) in [5, 5.41) is 5.83. The fraction of sp³-hybridized carbons (Fsp3) is 0.526. The van der Waals surface area contributed by atoms with E-state index in [0.717, 1.165) is 25.9 Å². The van der Waals surface area contributed by atoms with Gasteiger partial charge in [-0.3, -0.25) is 19.7 Å². The molecule has 4 aliphatic rings. The number of benzene rings is 1. The van der Waals surface area contributed by atoms with Crippen LogP contribution in [-0.2, 0) is 16.1 Å². The molecule has 8 heteroatoms. The van der Waals surface area contributed by atoms with E-state index < -0.39 is 11.9 Å². The molecule has 0 spiro atoms. The van der Waals surface area contributed by atoms with Gasteiger partial charge in [-0.2, -0.15) is 0 Å². The van der Waals surface area contributed by atoms with Crippen molar-refractivity contribution in [3.63, 3.8) is 0 Å². The van der Waals surface area contributed by atoms with Crippen LogP contribution in [0, 0.1) is 5.82 Å². The Morgan fingerprint density at radius 1 is 1.04 bits per heavy atom. The highest BCUT2D eigenvalue weighted by atomic mass is 19.1. The number of imide groups is 1. The Morgan fingerprint density at radius 3 is 2.48 bits per heavy atom. The quantitative estimate of drug-likeness (QED) is 0.740. The number of anilines is 1. The van der Waals surface area contributed by atoms with Crippen LogP contribution in [0.4, 0.5) is 10.1 Å². The van der Waals surface area contributed by atoms with Gasteiger partial charge in [-0.05, 0) is 31.4 Å². The maximum Gasteiger partial charge on any atom is 0.255 e. The molecule has 0 aliphatic carbocycles. The topological polar surface area (TPSA) is 81.8 Å². The summed E-state index contributed by atoms with van der Waals surface area (Å²) >= 11 is 0. The van der Waals surface area contributed by atoms with Gasteiger partial charge in [-0.15, -0.1) is 0 Å². The molecule has 3 fully saturated rings. The molecule has 7 nitrogen and oxygen atoms in total. The van der Waals surface area contributed by atoms with Crippen LogP contribution in [0.5, 0.6) is 0 Å². The largest absolute Gasteiger partial charge is 0.366 e. The van der Waals surface area contributed by atoms with Gasteiger partial charge in [-0.25, -0.2) is 4.39 Å². The minimum Gasteiger partial charge on any atom is -0.366 e. The highest BCUT2D eigenvalue weighted by Crippen LogP contribution is 2.37. The van der Waals surface area contributed by atoms with E-state index >= 15 is 0 Å². The van der Waals surface area contributed by atoms with Gasteiger partial charge in [0.1, 0.15) is 11.9 Å². The van der Waals surface area contributed by atoms with Gasteiger partial charge in [-0.1, -0.05) is 0 Å². The first kappa shape index (κ1) is 16.7. The smallest absolute Gasteiger partial charge is 0.255 e. The maximum atomic E-state index is 14.8. The number of halogens is 1. The fourth-order valence-corrected chi connectivity index (χ4v) is 4.92. The van der Waals surface area contributed by atoms with E-state index in [2.05, 4.69) is 10.6 Å². The Morgan fingerprint density at radius 2 is 1.78 bits per heavy atom. The molecule has 3 atom stereocenters. The first-order chi connectivity index (χ1) is 13.0. The van der Waals surface area contributed by atoms with E-state index in [1.54, 1.807) is 0 Å². The molecule has 2 N–H and O–H groups in total. The van der Waals surface area contributed by atoms with Crippen molar-refractivity contribution in [2.45, 2.75) is 50.4 Å². The minimum absolute atomic E-state index is 0.201. The lowest BCUT2D eigenvalue weighted by Gasteiger charge is -2.36. The van der Waals surface area contributed by atoms with Gasteiger partial charge < -0.3 is 15.1 Å². The molecule has 0 saturated carbocycles. The summed E-state index contributed by atoms with van der Waals surface area (Å²) in [6, 6.07) is 2.88. The number of piperidine rings is 1. The van der Waals surface area contributed by atoms with Crippen LogP contribution >= 0.6 is 0 Å². The lowest BCUT2D eigenvalue weighted by molar-refractivity contribution is -0.136. The number of nitrogens with zero attached hydrogens (tertiary/aromatic N) is 2. The molecule has 2 bridgehead atoms. The van der Waals surface area contributed by atoms with E-state index in [1.807, 2.05) is 4.90 Å². The Bertz CT molecular complexity index is 846. The van der Waals surface area contributed by atoms with Gasteiger partial charge >= 0.3 is 0 Å². The standard InChI is InChI=1S/C19H21FN4O3/c20-14-4-3-12-13(17(14)23-7-10-1-2-11(8-23)21-10)9-24(19(12)27)15-5-6-16(25)22-18(15)26/h3-4,10-11,15,21H,1-2,5-9H2,(H,22,25,26). The monoisotopic (exact) mass is 372 g/mol. The van der Waals surface area contributed by atoms with Crippen LogP contribution in [0.3, 0.4) is 0 Å². The van der Waals surface area contributed by atoms with E-state index in [-0.39, 0.29) is 30.6 Å². The predicted molar refractivity (Wildman–Crippen MR) is 94.6 cm³/mol. The van der Waals surface area contributed by atoms with E-state index in [4.69, 9.17) is 0 Å². The molecule has 27 heavy (non-hydrogen) atoms. The molecule has 142 valence electrons. The molecule has 0 radical (unpaired) electrons. The molecule has 3 saturated heterocycles. The van der Waals surface area contributed by atoms with Crippen molar-refractivity contribution < 1.29 is 18.8 Å². The van der Waals surface area contributed by atoms with Crippen molar-refractivity contribution in [1.29, 1.82) is 0 Å². The zero-order chi connectivity index (χ0) is 18.7. The number of hydrogen-bond donors (Lipinski definition) is 2. The second-order valence-electron chi connectivity index (χ2n) is 7.86. The summed E-state index contributed by atoms with van der Waals surface area (Å²) in [5.41, 5.74) is 1.61. The summed E-state index contributed by atoms with van der Waals surface area (Å²) < 4.78 is 14.8. The van der Waals surface area contributed by atoms with Gasteiger partial charge in [0.2, 0.25) is 11.8 Å². The average molecular weight is 372 g/mol. The molecular weight excluding hydrogens is 351 g/mol. The van der Waals surface area contributed by atoms with Crippen LogP contribution in [-0.4, -0.2) is 53.8 Å². The summed E-state index contributed by atoms with van der Waals surface area (Å²) in [4.78, 5) is 40.1. The van der Waals surface area contributed by atoms with E-state index in [1.165, 1.54) is 17.0 Å². The number of rotatable bonds is 2. The molecule has 4 aliphatic heterocycles. The number of hydrogen-bond acceptors (Lipinski definition) is 5. The summed E-state index contributed by atoms with van der Waals surface area (Å²) in [5.74, 6) is -1.36. The molecule has 3 amide bonds. The third-order valence-electron chi connectivity index (χ3n) is 6.17. The summed E-state index contributed by atoms with van der Waals surface area (Å²) in [7, 11) is 0. The summed E-state index contributed by atoms with van der Waals surface area (Å²) in [6.07, 6.45) is 2.68. The molecule has 3 unspecified atom stereocenters. The van der Waals surface area contributed by atoms with Gasteiger partial charge in [0, 0.05) is 49.3 Å². The van der Waals surface area contributed by atoms with Gasteiger partial charge in [0.05, 0.1) is 5.69 Å². The lowest BCUT2D eigenvalue weighted by atomic mass is 10.0. The average Bonchev–Trinajstić information content (AvgIpc) is 3.14. The second kappa shape index (κ2) is 6.02. The maximum absolute atomic E-state index is 14.8. The molecule has 1 aromatic rings. The fourth-order valence-electron chi connectivity index (χ4n) is 4.92. The number of nitrogens with one attached hydrogen (secondary N) is 2. The first-order valence-electron chi connectivity index (χ1n) is 9.48. The Hall–Kier alpha value is -2.48. The zero-order valence-electron chi connectivity index (χ0n) is 14.8. The minimum atomic E-state index is -0.683. The molecule has 4 heterocycles. The van der Waals surface area contributed by atoms with Crippen molar-refractivity contribution in [2.24, 2.45) is 0 Å². The van der Waals surface area contributed by atoms with Crippen LogP contribution < -0.4 is 15.5 Å². The Kier molecular flexibility index (Phi) is 3.72. The van der Waals surface area contributed by atoms with Gasteiger partial charge in [0.25, 0.3) is 5.91 Å². The normalized spacial score (nSPS) is 30.0. The Labute approximate surface area is 155 Å². The van der Waals surface area contributed by atoms with E-state index in [0.29, 0.717) is 35.3 Å². The van der Waals surface area contributed by atoms with Crippen LogP contribution in [0.25, 0.3) is 0 Å². The summed E-state index contributed by atoms with van der Waals surface area (Å²) in [6.45, 7) is 1.64. The third-order valence-corrected chi connectivity index (χ3v) is 6.17. The van der Waals surface area contributed by atoms with Crippen LogP contribution in [0.1, 0.15) is 41.6 Å². The number of amides is 3. The van der Waals surface area contributed by atoms with Crippen LogP contribution in [0.15, 0.2) is 12.1 Å². The van der Waals surface area contributed by atoms with Crippen molar-refractivity contribution in [2.75, 3.05) is 18.0 Å². The van der Waals surface area contributed by atoms with Crippen molar-refractivity contribution in [1.82, 2.24) is 15.5 Å². The molecule has 1 aromatic carbocycles. The SMILES string of the molecule is O=C1CCC(N2Cc3c(ccc(F)c3N3CC4CCC(C3)N4)C2=O)C(=O)N1. The molecule has 5 rings (SSSR count). The van der Waals surface area contributed by atoms with Crippen LogP contribution in [0.2, 0.25) is 0 Å². The van der Waals surface area contributed by atoms with Gasteiger partial charge in [0.15, 0.2) is 0 Å². The highest BCUT2D eigenvalue weighted by molar-refractivity contribution is 6.06.